The van der Waals surface area contributed by atoms with Crippen LogP contribution in [0.2, 0.25) is 0 Å². The summed E-state index contributed by atoms with van der Waals surface area (Å²) >= 11 is 2.04. The van der Waals surface area contributed by atoms with Crippen molar-refractivity contribution in [2.75, 3.05) is 7.11 Å². The molecule has 2 rings (SSSR count). The molecule has 0 saturated heterocycles. The molecule has 1 aromatic heterocycles. The highest BCUT2D eigenvalue weighted by Gasteiger charge is 2.06. The number of hydrogen-bond acceptors (Lipinski definition) is 4. The maximum atomic E-state index is 11.3. The quantitative estimate of drug-likeness (QED) is 0.459. The number of aromatic nitrogens is 2. The number of ether oxygens (including phenoxy) is 1. The van der Waals surface area contributed by atoms with Gasteiger partial charge < -0.3 is 4.74 Å². The third kappa shape index (κ3) is 2.06. The first-order chi connectivity index (χ1) is 7.20. The van der Waals surface area contributed by atoms with Crippen LogP contribution in [0.25, 0.3) is 10.9 Å². The molecule has 0 N–H and O–H groups in total. The summed E-state index contributed by atoms with van der Waals surface area (Å²) in [5.41, 5.74) is 1.33. The van der Waals surface area contributed by atoms with Crippen molar-refractivity contribution in [1.29, 1.82) is 0 Å². The Morgan fingerprint density at radius 2 is 2.27 bits per heavy atom. The normalized spacial score (nSPS) is 10.3. The van der Waals surface area contributed by atoms with Gasteiger partial charge in [0, 0.05) is 34.2 Å². The molecule has 0 unspecified atom stereocenters. The molecule has 0 spiro atoms. The molecule has 1 aromatic carbocycles. The molecule has 5 heteroatoms. The van der Waals surface area contributed by atoms with Crippen LogP contribution in [-0.2, 0) is 4.74 Å². The van der Waals surface area contributed by atoms with Crippen molar-refractivity contribution in [3.05, 3.63) is 33.8 Å². The zero-order valence-corrected chi connectivity index (χ0v) is 10.1. The second-order valence-electron chi connectivity index (χ2n) is 2.90. The highest BCUT2D eigenvalue weighted by atomic mass is 127. The van der Waals surface area contributed by atoms with Crippen molar-refractivity contribution < 1.29 is 9.53 Å². The van der Waals surface area contributed by atoms with Crippen LogP contribution in [0.1, 0.15) is 10.4 Å². The van der Waals surface area contributed by atoms with Crippen LogP contribution in [0.5, 0.6) is 0 Å². The van der Waals surface area contributed by atoms with Gasteiger partial charge in [0.25, 0.3) is 0 Å². The number of rotatable bonds is 1. The Morgan fingerprint density at radius 3 is 3.00 bits per heavy atom. The van der Waals surface area contributed by atoms with Gasteiger partial charge in [-0.15, -0.1) is 0 Å². The molecule has 0 amide bonds. The lowest BCUT2D eigenvalue weighted by molar-refractivity contribution is 0.0601. The predicted octanol–water partition coefficient (Wildman–Crippen LogP) is 2.02. The smallest absolute Gasteiger partial charge is 0.337 e. The molecule has 76 valence electrons. The van der Waals surface area contributed by atoms with Gasteiger partial charge in [-0.05, 0) is 18.2 Å². The van der Waals surface area contributed by atoms with Crippen LogP contribution >= 0.6 is 22.6 Å². The van der Waals surface area contributed by atoms with Gasteiger partial charge in [0.1, 0.15) is 0 Å². The van der Waals surface area contributed by atoms with Crippen LogP contribution in [0, 0.1) is 3.83 Å². The van der Waals surface area contributed by atoms with Gasteiger partial charge in [-0.3, -0.25) is 0 Å². The van der Waals surface area contributed by atoms with E-state index in [0.29, 0.717) is 9.39 Å². The van der Waals surface area contributed by atoms with Crippen LogP contribution in [0.15, 0.2) is 24.4 Å². The minimum Gasteiger partial charge on any atom is -0.465 e. The van der Waals surface area contributed by atoms with Crippen molar-refractivity contribution in [3.8, 4) is 0 Å². The van der Waals surface area contributed by atoms with E-state index in [0.717, 1.165) is 10.9 Å². The molecule has 0 radical (unpaired) electrons. The van der Waals surface area contributed by atoms with Crippen molar-refractivity contribution in [2.24, 2.45) is 0 Å². The lowest BCUT2D eigenvalue weighted by Crippen LogP contribution is -2.01. The van der Waals surface area contributed by atoms with Crippen molar-refractivity contribution in [1.82, 2.24) is 9.97 Å². The number of hydrogen-bond donors (Lipinski definition) is 0. The van der Waals surface area contributed by atoms with Crippen LogP contribution in [0.3, 0.4) is 0 Å². The Labute approximate surface area is 99.8 Å². The summed E-state index contributed by atoms with van der Waals surface area (Å²) in [5.74, 6) is -0.351. The largest absolute Gasteiger partial charge is 0.465 e. The summed E-state index contributed by atoms with van der Waals surface area (Å²) in [4.78, 5) is 19.5. The van der Waals surface area contributed by atoms with E-state index in [4.69, 9.17) is 0 Å². The van der Waals surface area contributed by atoms with Crippen molar-refractivity contribution >= 4 is 39.5 Å². The molecule has 0 fully saturated rings. The molecule has 1 heterocycles. The fraction of sp³-hybridized carbons (Fsp3) is 0.100. The molecule has 15 heavy (non-hydrogen) atoms. The maximum absolute atomic E-state index is 11.3. The second kappa shape index (κ2) is 4.09. The third-order valence-corrected chi connectivity index (χ3v) is 2.49. The van der Waals surface area contributed by atoms with E-state index in [9.17, 15) is 4.79 Å². The summed E-state index contributed by atoms with van der Waals surface area (Å²) in [5, 5.41) is 0.832. The molecule has 0 bridgehead atoms. The van der Waals surface area contributed by atoms with E-state index >= 15 is 0 Å². The van der Waals surface area contributed by atoms with Gasteiger partial charge in [-0.25, -0.2) is 14.8 Å². The number of methoxy groups -OCH3 is 1. The Bertz CT molecular complexity index is 528. The minimum atomic E-state index is -0.351. The van der Waals surface area contributed by atoms with Gasteiger partial charge in [-0.1, -0.05) is 0 Å². The lowest BCUT2D eigenvalue weighted by Gasteiger charge is -2.01. The topological polar surface area (TPSA) is 52.1 Å². The molecular weight excluding hydrogens is 307 g/mol. The molecule has 0 atom stereocenters. The van der Waals surface area contributed by atoms with Crippen LogP contribution in [-0.4, -0.2) is 23.0 Å². The SMILES string of the molecule is COC(=O)c1ccc2nc(I)ncc2c1. The molecule has 4 nitrogen and oxygen atoms in total. The molecular formula is C10H7IN2O2. The van der Waals surface area contributed by atoms with E-state index in [1.165, 1.54) is 7.11 Å². The highest BCUT2D eigenvalue weighted by molar-refractivity contribution is 14.1. The number of halogens is 1. The molecule has 0 aliphatic heterocycles. The average Bonchev–Trinajstić information content (AvgIpc) is 2.27. The summed E-state index contributed by atoms with van der Waals surface area (Å²) < 4.78 is 5.31. The second-order valence-corrected chi connectivity index (χ2v) is 3.87. The highest BCUT2D eigenvalue weighted by Crippen LogP contribution is 2.14. The van der Waals surface area contributed by atoms with Gasteiger partial charge in [0.2, 0.25) is 0 Å². The molecule has 0 aliphatic rings. The van der Waals surface area contributed by atoms with E-state index in [2.05, 4.69) is 14.7 Å². The van der Waals surface area contributed by atoms with Crippen molar-refractivity contribution in [3.63, 3.8) is 0 Å². The van der Waals surface area contributed by atoms with Gasteiger partial charge >= 0.3 is 5.97 Å². The summed E-state index contributed by atoms with van der Waals surface area (Å²) in [6.07, 6.45) is 1.69. The van der Waals surface area contributed by atoms with E-state index in [1.807, 2.05) is 22.6 Å². The molecule has 0 saturated carbocycles. The first-order valence-corrected chi connectivity index (χ1v) is 5.29. The Kier molecular flexibility index (Phi) is 2.81. The first kappa shape index (κ1) is 10.3. The van der Waals surface area contributed by atoms with Crippen LogP contribution in [0.4, 0.5) is 0 Å². The number of esters is 1. The van der Waals surface area contributed by atoms with E-state index in [1.54, 1.807) is 24.4 Å². The summed E-state index contributed by atoms with van der Waals surface area (Å²) in [6.45, 7) is 0. The number of fused-ring (bicyclic) bond motifs is 1. The summed E-state index contributed by atoms with van der Waals surface area (Å²) in [6, 6.07) is 5.19. The summed E-state index contributed by atoms with van der Waals surface area (Å²) in [7, 11) is 1.36. The van der Waals surface area contributed by atoms with Gasteiger partial charge in [-0.2, -0.15) is 0 Å². The number of carbonyl (C=O) groups is 1. The van der Waals surface area contributed by atoms with Crippen LogP contribution < -0.4 is 0 Å². The fourth-order valence-corrected chi connectivity index (χ4v) is 1.65. The molecule has 2 aromatic rings. The zero-order chi connectivity index (χ0) is 10.8. The number of carbonyl (C=O) groups excluding carboxylic acids is 1. The monoisotopic (exact) mass is 314 g/mol. The minimum absolute atomic E-state index is 0.351. The fourth-order valence-electron chi connectivity index (χ4n) is 1.26. The average molecular weight is 314 g/mol. The Hall–Kier alpha value is -1.24. The lowest BCUT2D eigenvalue weighted by atomic mass is 10.1. The number of benzene rings is 1. The standard InChI is InChI=1S/C10H7IN2O2/c1-15-9(14)6-2-3-8-7(4-6)5-12-10(11)13-8/h2-5H,1H3. The van der Waals surface area contributed by atoms with Gasteiger partial charge in [0.05, 0.1) is 18.2 Å². The zero-order valence-electron chi connectivity index (χ0n) is 7.90. The van der Waals surface area contributed by atoms with E-state index in [-0.39, 0.29) is 5.97 Å². The van der Waals surface area contributed by atoms with Crippen molar-refractivity contribution in [2.45, 2.75) is 0 Å². The first-order valence-electron chi connectivity index (χ1n) is 4.21. The number of nitrogens with zero attached hydrogens (tertiary/aromatic N) is 2. The molecule has 0 aliphatic carbocycles. The predicted molar refractivity (Wildman–Crippen MR) is 63.6 cm³/mol. The Morgan fingerprint density at radius 1 is 1.47 bits per heavy atom. The van der Waals surface area contributed by atoms with Gasteiger partial charge in [0.15, 0.2) is 3.83 Å². The van der Waals surface area contributed by atoms with E-state index < -0.39 is 0 Å². The Balaban J connectivity index is 2.57. The third-order valence-electron chi connectivity index (χ3n) is 1.97. The maximum Gasteiger partial charge on any atom is 0.337 e.